The molecule has 4 heteroatoms. The standard InChI is InChI=1S/C21H27NO3/c1-20(2,3)17(18-21(4,5)22-18)19(24)25-12-13-10-11-16(23)15-9-7-6-8-14(13)15/h6-11,17-18,22-23H,12H2,1-5H3. The third-order valence-corrected chi connectivity index (χ3v) is 5.10. The average Bonchev–Trinajstić information content (AvgIpc) is 3.13. The third kappa shape index (κ3) is 3.49. The van der Waals surface area contributed by atoms with E-state index >= 15 is 0 Å². The molecule has 1 aliphatic heterocycles. The van der Waals surface area contributed by atoms with E-state index in [1.807, 2.05) is 30.3 Å². The first kappa shape index (κ1) is 17.7. The van der Waals surface area contributed by atoms with Crippen molar-refractivity contribution in [3.05, 3.63) is 42.0 Å². The fraction of sp³-hybridized carbons (Fsp3) is 0.476. The molecular weight excluding hydrogens is 314 g/mol. The van der Waals surface area contributed by atoms with Gasteiger partial charge in [-0.15, -0.1) is 0 Å². The number of ether oxygens (including phenoxy) is 1. The molecule has 2 N–H and O–H groups in total. The average molecular weight is 341 g/mol. The molecule has 2 atom stereocenters. The van der Waals surface area contributed by atoms with E-state index in [4.69, 9.17) is 4.74 Å². The highest BCUT2D eigenvalue weighted by Crippen LogP contribution is 2.41. The van der Waals surface area contributed by atoms with E-state index in [2.05, 4.69) is 39.9 Å². The molecule has 0 spiro atoms. The zero-order valence-corrected chi connectivity index (χ0v) is 15.6. The van der Waals surface area contributed by atoms with E-state index in [9.17, 15) is 9.90 Å². The second-order valence-corrected chi connectivity index (χ2v) is 8.58. The molecule has 2 unspecified atom stereocenters. The van der Waals surface area contributed by atoms with Gasteiger partial charge in [-0.25, -0.2) is 0 Å². The van der Waals surface area contributed by atoms with Crippen LogP contribution >= 0.6 is 0 Å². The number of hydrogen-bond donors (Lipinski definition) is 2. The molecule has 25 heavy (non-hydrogen) atoms. The molecule has 0 saturated carbocycles. The van der Waals surface area contributed by atoms with Gasteiger partial charge >= 0.3 is 5.97 Å². The lowest BCUT2D eigenvalue weighted by atomic mass is 9.76. The Morgan fingerprint density at radius 1 is 1.20 bits per heavy atom. The van der Waals surface area contributed by atoms with Crippen LogP contribution in [0.4, 0.5) is 0 Å². The highest BCUT2D eigenvalue weighted by Gasteiger charge is 2.56. The largest absolute Gasteiger partial charge is 0.507 e. The van der Waals surface area contributed by atoms with Crippen molar-refractivity contribution in [2.75, 3.05) is 0 Å². The smallest absolute Gasteiger partial charge is 0.311 e. The molecule has 0 bridgehead atoms. The number of esters is 1. The second-order valence-electron chi connectivity index (χ2n) is 8.58. The van der Waals surface area contributed by atoms with Crippen molar-refractivity contribution < 1.29 is 14.6 Å². The minimum absolute atomic E-state index is 0.0256. The summed E-state index contributed by atoms with van der Waals surface area (Å²) < 4.78 is 5.70. The van der Waals surface area contributed by atoms with Crippen molar-refractivity contribution in [2.24, 2.45) is 11.3 Å². The maximum atomic E-state index is 12.8. The third-order valence-electron chi connectivity index (χ3n) is 5.10. The van der Waals surface area contributed by atoms with Crippen molar-refractivity contribution in [1.29, 1.82) is 0 Å². The molecule has 1 aliphatic rings. The number of aromatic hydroxyl groups is 1. The Labute approximate surface area is 149 Å². The molecule has 1 fully saturated rings. The van der Waals surface area contributed by atoms with Crippen LogP contribution in [0.5, 0.6) is 5.75 Å². The number of phenolic OH excluding ortho intramolecular Hbond substituents is 1. The van der Waals surface area contributed by atoms with Gasteiger partial charge in [0.15, 0.2) is 0 Å². The van der Waals surface area contributed by atoms with E-state index in [0.29, 0.717) is 0 Å². The van der Waals surface area contributed by atoms with Crippen LogP contribution in [0, 0.1) is 11.3 Å². The Hall–Kier alpha value is -2.07. The zero-order valence-electron chi connectivity index (χ0n) is 15.6. The normalized spacial score (nSPS) is 20.3. The fourth-order valence-electron chi connectivity index (χ4n) is 3.56. The van der Waals surface area contributed by atoms with E-state index in [0.717, 1.165) is 16.3 Å². The van der Waals surface area contributed by atoms with Crippen molar-refractivity contribution in [1.82, 2.24) is 5.32 Å². The summed E-state index contributed by atoms with van der Waals surface area (Å²) in [6.45, 7) is 10.6. The summed E-state index contributed by atoms with van der Waals surface area (Å²) in [4.78, 5) is 12.8. The number of carbonyl (C=O) groups excluding carboxylic acids is 1. The number of hydrogen-bond acceptors (Lipinski definition) is 4. The quantitative estimate of drug-likeness (QED) is 0.651. The molecule has 0 aliphatic carbocycles. The van der Waals surface area contributed by atoms with Crippen LogP contribution in [0.3, 0.4) is 0 Å². The monoisotopic (exact) mass is 341 g/mol. The van der Waals surface area contributed by atoms with Crippen LogP contribution in [0.1, 0.15) is 40.2 Å². The topological polar surface area (TPSA) is 68.5 Å². The van der Waals surface area contributed by atoms with E-state index < -0.39 is 0 Å². The molecular formula is C21H27NO3. The van der Waals surface area contributed by atoms with Gasteiger partial charge in [0, 0.05) is 17.0 Å². The maximum absolute atomic E-state index is 12.8. The second kappa shape index (κ2) is 6.03. The molecule has 134 valence electrons. The van der Waals surface area contributed by atoms with Crippen molar-refractivity contribution in [3.63, 3.8) is 0 Å². The lowest BCUT2D eigenvalue weighted by Gasteiger charge is -2.29. The van der Waals surface area contributed by atoms with Crippen LogP contribution in [0.25, 0.3) is 10.8 Å². The van der Waals surface area contributed by atoms with E-state index in [1.165, 1.54) is 0 Å². The number of benzene rings is 2. The van der Waals surface area contributed by atoms with E-state index in [-0.39, 0.29) is 41.2 Å². The minimum Gasteiger partial charge on any atom is -0.507 e. The molecule has 0 aromatic heterocycles. The molecule has 2 aromatic carbocycles. The summed E-state index contributed by atoms with van der Waals surface area (Å²) in [5, 5.41) is 15.1. The van der Waals surface area contributed by atoms with Gasteiger partial charge in [0.2, 0.25) is 0 Å². The SMILES string of the molecule is CC(C)(C)C(C(=O)OCc1ccc(O)c2ccccc12)C1NC1(C)C. The summed E-state index contributed by atoms with van der Waals surface area (Å²) in [6, 6.07) is 11.2. The Morgan fingerprint density at radius 3 is 2.36 bits per heavy atom. The zero-order chi connectivity index (χ0) is 18.4. The van der Waals surface area contributed by atoms with Crippen LogP contribution in [0.2, 0.25) is 0 Å². The molecule has 0 amide bonds. The van der Waals surface area contributed by atoms with Gasteiger partial charge in [0.05, 0.1) is 5.92 Å². The number of phenols is 1. The Bertz CT molecular complexity index is 804. The summed E-state index contributed by atoms with van der Waals surface area (Å²) in [5.74, 6) is -0.138. The van der Waals surface area contributed by atoms with Crippen LogP contribution in [-0.2, 0) is 16.1 Å². The van der Waals surface area contributed by atoms with Gasteiger partial charge in [-0.2, -0.15) is 0 Å². The Morgan fingerprint density at radius 2 is 1.80 bits per heavy atom. The maximum Gasteiger partial charge on any atom is 0.311 e. The number of carbonyl (C=O) groups is 1. The number of nitrogens with one attached hydrogen (secondary N) is 1. The summed E-state index contributed by atoms with van der Waals surface area (Å²) in [7, 11) is 0. The highest BCUT2D eigenvalue weighted by molar-refractivity contribution is 5.90. The molecule has 3 rings (SSSR count). The molecule has 2 aromatic rings. The lowest BCUT2D eigenvalue weighted by Crippen LogP contribution is -2.37. The van der Waals surface area contributed by atoms with Crippen molar-refractivity contribution >= 4 is 16.7 Å². The van der Waals surface area contributed by atoms with Crippen LogP contribution < -0.4 is 5.32 Å². The first-order chi connectivity index (χ1) is 11.6. The first-order valence-corrected chi connectivity index (χ1v) is 8.75. The van der Waals surface area contributed by atoms with Crippen LogP contribution in [0.15, 0.2) is 36.4 Å². The van der Waals surface area contributed by atoms with Gasteiger partial charge in [0.25, 0.3) is 0 Å². The van der Waals surface area contributed by atoms with Crippen molar-refractivity contribution in [2.45, 2.75) is 52.8 Å². The molecule has 0 radical (unpaired) electrons. The Kier molecular flexibility index (Phi) is 4.28. The molecule has 1 saturated heterocycles. The van der Waals surface area contributed by atoms with Gasteiger partial charge in [0.1, 0.15) is 12.4 Å². The highest BCUT2D eigenvalue weighted by atomic mass is 16.5. The summed E-state index contributed by atoms with van der Waals surface area (Å²) >= 11 is 0. The van der Waals surface area contributed by atoms with E-state index in [1.54, 1.807) is 6.07 Å². The van der Waals surface area contributed by atoms with Crippen molar-refractivity contribution in [3.8, 4) is 5.75 Å². The van der Waals surface area contributed by atoms with Gasteiger partial charge in [-0.3, -0.25) is 4.79 Å². The lowest BCUT2D eigenvalue weighted by molar-refractivity contribution is -0.153. The van der Waals surface area contributed by atoms with Crippen LogP contribution in [-0.4, -0.2) is 22.7 Å². The van der Waals surface area contributed by atoms with Gasteiger partial charge in [-0.05, 0) is 36.3 Å². The summed E-state index contributed by atoms with van der Waals surface area (Å²) in [6.07, 6.45) is 0. The molecule has 4 nitrogen and oxygen atoms in total. The minimum atomic E-state index is -0.203. The first-order valence-electron chi connectivity index (χ1n) is 8.75. The van der Waals surface area contributed by atoms with Gasteiger partial charge < -0.3 is 15.2 Å². The number of fused-ring (bicyclic) bond motifs is 1. The Balaban J connectivity index is 1.79. The predicted molar refractivity (Wildman–Crippen MR) is 99.4 cm³/mol. The fourth-order valence-corrected chi connectivity index (χ4v) is 3.56. The number of rotatable bonds is 4. The molecule has 1 heterocycles. The van der Waals surface area contributed by atoms with Gasteiger partial charge in [-0.1, -0.05) is 51.1 Å². The predicted octanol–water partition coefficient (Wildman–Crippen LogP) is 4.00. The summed E-state index contributed by atoms with van der Waals surface area (Å²) in [5.41, 5.74) is 0.694.